The fraction of sp³-hybridized carbons (Fsp3) is 0.583. The predicted molar refractivity (Wildman–Crippen MR) is 75.2 cm³/mol. The highest BCUT2D eigenvalue weighted by atomic mass is 79.9. The second-order valence-corrected chi connectivity index (χ2v) is 8.21. The van der Waals surface area contributed by atoms with Crippen molar-refractivity contribution in [1.82, 2.24) is 14.6 Å². The maximum Gasteiger partial charge on any atom is 0.244 e. The van der Waals surface area contributed by atoms with E-state index >= 15 is 0 Å². The quantitative estimate of drug-likeness (QED) is 0.875. The number of halogens is 1. The van der Waals surface area contributed by atoms with E-state index in [1.54, 1.807) is 16.6 Å². The number of hydrogen-bond acceptors (Lipinski definition) is 4. The molecule has 7 heteroatoms. The second kappa shape index (κ2) is 4.80. The van der Waals surface area contributed by atoms with Crippen LogP contribution in [0.1, 0.15) is 12.8 Å². The van der Waals surface area contributed by atoms with Crippen molar-refractivity contribution in [1.29, 1.82) is 0 Å². The lowest BCUT2D eigenvalue weighted by Crippen LogP contribution is -2.33. The van der Waals surface area contributed by atoms with Gasteiger partial charge in [-0.25, -0.2) is 8.42 Å². The highest BCUT2D eigenvalue weighted by Gasteiger charge is 2.44. The number of nitrogens with one attached hydrogen (secondary N) is 1. The molecule has 1 spiro atoms. The molecule has 0 radical (unpaired) electrons. The van der Waals surface area contributed by atoms with Gasteiger partial charge in [-0.15, -0.1) is 0 Å². The van der Waals surface area contributed by atoms with E-state index in [0.717, 1.165) is 25.9 Å². The van der Waals surface area contributed by atoms with Crippen LogP contribution in [-0.2, 0) is 10.0 Å². The summed E-state index contributed by atoms with van der Waals surface area (Å²) in [7, 11) is -3.41. The molecule has 1 aromatic heterocycles. The van der Waals surface area contributed by atoms with Crippen LogP contribution in [0.5, 0.6) is 0 Å². The summed E-state index contributed by atoms with van der Waals surface area (Å²) >= 11 is 3.27. The van der Waals surface area contributed by atoms with E-state index in [2.05, 4.69) is 26.2 Å². The summed E-state index contributed by atoms with van der Waals surface area (Å²) in [6, 6.07) is 1.61. The SMILES string of the molecule is O=S(=O)(c1cncc(Br)c1)N1CCC2(CCNC2)C1. The molecule has 2 aliphatic heterocycles. The molecule has 104 valence electrons. The van der Waals surface area contributed by atoms with Crippen LogP contribution in [0.2, 0.25) is 0 Å². The van der Waals surface area contributed by atoms with Gasteiger partial charge in [0.2, 0.25) is 10.0 Å². The molecule has 1 unspecified atom stereocenters. The van der Waals surface area contributed by atoms with E-state index in [1.165, 1.54) is 6.20 Å². The number of rotatable bonds is 2. The Morgan fingerprint density at radius 2 is 2.21 bits per heavy atom. The van der Waals surface area contributed by atoms with E-state index < -0.39 is 10.0 Å². The van der Waals surface area contributed by atoms with Crippen LogP contribution in [0, 0.1) is 5.41 Å². The van der Waals surface area contributed by atoms with Crippen molar-refractivity contribution in [3.05, 3.63) is 22.9 Å². The van der Waals surface area contributed by atoms with E-state index in [9.17, 15) is 8.42 Å². The molecule has 3 heterocycles. The first-order chi connectivity index (χ1) is 9.02. The number of nitrogens with zero attached hydrogens (tertiary/aromatic N) is 2. The van der Waals surface area contributed by atoms with Gasteiger partial charge in [-0.2, -0.15) is 4.31 Å². The van der Waals surface area contributed by atoms with E-state index in [4.69, 9.17) is 0 Å². The van der Waals surface area contributed by atoms with Crippen LogP contribution in [0.15, 0.2) is 27.8 Å². The molecule has 2 saturated heterocycles. The molecule has 0 bridgehead atoms. The Kier molecular flexibility index (Phi) is 3.41. The molecular weight excluding hydrogens is 330 g/mol. The lowest BCUT2D eigenvalue weighted by atomic mass is 9.87. The van der Waals surface area contributed by atoms with Crippen LogP contribution in [-0.4, -0.2) is 43.9 Å². The first-order valence-electron chi connectivity index (χ1n) is 6.33. The van der Waals surface area contributed by atoms with E-state index in [0.29, 0.717) is 17.6 Å². The summed E-state index contributed by atoms with van der Waals surface area (Å²) in [6.07, 6.45) is 5.01. The van der Waals surface area contributed by atoms with Gasteiger partial charge in [-0.3, -0.25) is 4.98 Å². The summed E-state index contributed by atoms with van der Waals surface area (Å²) < 4.78 is 27.4. The number of sulfonamides is 1. The van der Waals surface area contributed by atoms with Gasteiger partial charge in [0.1, 0.15) is 4.90 Å². The summed E-state index contributed by atoms with van der Waals surface area (Å²) in [6.45, 7) is 3.15. The van der Waals surface area contributed by atoms with Crippen molar-refractivity contribution in [2.45, 2.75) is 17.7 Å². The Morgan fingerprint density at radius 3 is 2.89 bits per heavy atom. The van der Waals surface area contributed by atoms with Crippen molar-refractivity contribution in [3.8, 4) is 0 Å². The topological polar surface area (TPSA) is 62.3 Å². The zero-order valence-corrected chi connectivity index (χ0v) is 12.9. The van der Waals surface area contributed by atoms with Crippen molar-refractivity contribution >= 4 is 26.0 Å². The second-order valence-electron chi connectivity index (χ2n) is 5.35. The average molecular weight is 346 g/mol. The van der Waals surface area contributed by atoms with Gasteiger partial charge < -0.3 is 5.32 Å². The monoisotopic (exact) mass is 345 g/mol. The summed E-state index contributed by atoms with van der Waals surface area (Å²) in [5, 5.41) is 3.33. The van der Waals surface area contributed by atoms with Crippen LogP contribution < -0.4 is 5.32 Å². The van der Waals surface area contributed by atoms with Gasteiger partial charge in [0, 0.05) is 36.5 Å². The number of pyridine rings is 1. The first kappa shape index (κ1) is 13.5. The smallest absolute Gasteiger partial charge is 0.244 e. The van der Waals surface area contributed by atoms with Crippen molar-refractivity contribution in [2.75, 3.05) is 26.2 Å². The predicted octanol–water partition coefficient (Wildman–Crippen LogP) is 1.22. The molecule has 1 aromatic rings. The number of hydrogen-bond donors (Lipinski definition) is 1. The maximum absolute atomic E-state index is 12.6. The molecule has 5 nitrogen and oxygen atoms in total. The number of aromatic nitrogens is 1. The fourth-order valence-electron chi connectivity index (χ4n) is 2.93. The Morgan fingerprint density at radius 1 is 1.37 bits per heavy atom. The van der Waals surface area contributed by atoms with E-state index in [1.807, 2.05) is 0 Å². The normalized spacial score (nSPS) is 28.3. The third-order valence-electron chi connectivity index (χ3n) is 4.05. The van der Waals surface area contributed by atoms with Gasteiger partial charge in [-0.05, 0) is 46.8 Å². The van der Waals surface area contributed by atoms with Crippen molar-refractivity contribution in [2.24, 2.45) is 5.41 Å². The van der Waals surface area contributed by atoms with Crippen LogP contribution in [0.25, 0.3) is 0 Å². The van der Waals surface area contributed by atoms with Crippen LogP contribution in [0.3, 0.4) is 0 Å². The lowest BCUT2D eigenvalue weighted by Gasteiger charge is -2.22. The molecule has 19 heavy (non-hydrogen) atoms. The minimum absolute atomic E-state index is 0.145. The molecule has 3 rings (SSSR count). The molecule has 1 N–H and O–H groups in total. The Bertz CT molecular complexity index is 584. The zero-order valence-electron chi connectivity index (χ0n) is 10.5. The van der Waals surface area contributed by atoms with Gasteiger partial charge in [0.15, 0.2) is 0 Å². The molecular formula is C12H16BrN3O2S. The zero-order chi connectivity index (χ0) is 13.5. The summed E-state index contributed by atoms with van der Waals surface area (Å²) in [5.74, 6) is 0. The molecule has 0 saturated carbocycles. The van der Waals surface area contributed by atoms with Crippen molar-refractivity contribution < 1.29 is 8.42 Å². The molecule has 1 atom stereocenters. The van der Waals surface area contributed by atoms with Crippen LogP contribution >= 0.6 is 15.9 Å². The van der Waals surface area contributed by atoms with Crippen molar-refractivity contribution in [3.63, 3.8) is 0 Å². The largest absolute Gasteiger partial charge is 0.316 e. The van der Waals surface area contributed by atoms with Gasteiger partial charge in [-0.1, -0.05) is 0 Å². The molecule has 0 amide bonds. The highest BCUT2D eigenvalue weighted by molar-refractivity contribution is 9.10. The minimum atomic E-state index is -3.41. The van der Waals surface area contributed by atoms with E-state index in [-0.39, 0.29) is 10.3 Å². The third-order valence-corrected chi connectivity index (χ3v) is 6.30. The molecule has 2 aliphatic rings. The van der Waals surface area contributed by atoms with Crippen LogP contribution in [0.4, 0.5) is 0 Å². The first-order valence-corrected chi connectivity index (χ1v) is 8.57. The van der Waals surface area contributed by atoms with Gasteiger partial charge in [0.25, 0.3) is 0 Å². The van der Waals surface area contributed by atoms with Gasteiger partial charge in [0.05, 0.1) is 0 Å². The highest BCUT2D eigenvalue weighted by Crippen LogP contribution is 2.38. The summed E-state index contributed by atoms with van der Waals surface area (Å²) in [4.78, 5) is 4.21. The minimum Gasteiger partial charge on any atom is -0.316 e. The van der Waals surface area contributed by atoms with Gasteiger partial charge >= 0.3 is 0 Å². The molecule has 2 fully saturated rings. The fourth-order valence-corrected chi connectivity index (χ4v) is 4.99. The summed E-state index contributed by atoms with van der Waals surface area (Å²) in [5.41, 5.74) is 0.145. The Labute approximate surface area is 121 Å². The lowest BCUT2D eigenvalue weighted by molar-refractivity contribution is 0.338. The molecule has 0 aliphatic carbocycles. The maximum atomic E-state index is 12.6. The third kappa shape index (κ3) is 2.44. The Hall–Kier alpha value is -0.500. The average Bonchev–Trinajstić information content (AvgIpc) is 3.01. The Balaban J connectivity index is 1.86. The standard InChI is InChI=1S/C12H16BrN3O2S/c13-10-5-11(7-15-6-10)19(17,18)16-4-2-12(9-16)1-3-14-8-12/h5-7,14H,1-4,8-9H2. The molecule has 0 aromatic carbocycles.